The van der Waals surface area contributed by atoms with Gasteiger partial charge in [0.1, 0.15) is 7.11 Å². The van der Waals surface area contributed by atoms with Crippen LogP contribution in [-0.2, 0) is 14.4 Å². The lowest BCUT2D eigenvalue weighted by atomic mass is 9.33. The number of rotatable bonds is 2. The maximum atomic E-state index is 14.3. The molecule has 0 radical (unpaired) electrons. The molecule has 0 heterocycles. The van der Waals surface area contributed by atoms with Crippen molar-refractivity contribution in [1.82, 2.24) is 0 Å². The molecule has 5 aliphatic carbocycles. The summed E-state index contributed by atoms with van der Waals surface area (Å²) in [6.45, 7) is 16.1. The van der Waals surface area contributed by atoms with Gasteiger partial charge in [-0.3, -0.25) is 9.59 Å². The summed E-state index contributed by atoms with van der Waals surface area (Å²) in [7, 11) is 1.63. The minimum Gasteiger partial charge on any atom is -0.481 e. The Morgan fingerprint density at radius 1 is 1.00 bits per heavy atom. The van der Waals surface area contributed by atoms with Gasteiger partial charge in [-0.2, -0.15) is 0 Å². The summed E-state index contributed by atoms with van der Waals surface area (Å²) < 4.78 is 0. The quantitative estimate of drug-likeness (QED) is 0.415. The molecule has 0 aromatic rings. The van der Waals surface area contributed by atoms with E-state index in [1.54, 1.807) is 7.11 Å². The molecule has 1 N–H and O–H groups in total. The second-order valence-electron chi connectivity index (χ2n) is 15.0. The van der Waals surface area contributed by atoms with Crippen LogP contribution in [0.25, 0.3) is 0 Å². The third-order valence-corrected chi connectivity index (χ3v) is 13.1. The van der Waals surface area contributed by atoms with E-state index in [4.69, 9.17) is 4.84 Å². The molecule has 0 aromatic heterocycles. The molecule has 0 saturated heterocycles. The van der Waals surface area contributed by atoms with Gasteiger partial charge in [0, 0.05) is 11.3 Å². The van der Waals surface area contributed by atoms with Crippen LogP contribution in [0.1, 0.15) is 106 Å². The number of aliphatic carboxylic acids is 1. The highest BCUT2D eigenvalue weighted by atomic mass is 16.6. The van der Waals surface area contributed by atoms with Crippen molar-refractivity contribution < 1.29 is 19.5 Å². The summed E-state index contributed by atoms with van der Waals surface area (Å²) >= 11 is 0. The van der Waals surface area contributed by atoms with E-state index in [1.165, 1.54) is 5.57 Å². The Labute approximate surface area is 217 Å². The zero-order valence-electron chi connectivity index (χ0n) is 23.8. The van der Waals surface area contributed by atoms with Gasteiger partial charge in [-0.25, -0.2) is 0 Å². The number of carboxylic acid groups (broad SMARTS) is 1. The van der Waals surface area contributed by atoms with Gasteiger partial charge < -0.3 is 9.94 Å². The van der Waals surface area contributed by atoms with Crippen molar-refractivity contribution in [3.8, 4) is 0 Å². The van der Waals surface area contributed by atoms with E-state index < -0.39 is 11.4 Å². The van der Waals surface area contributed by atoms with Crippen LogP contribution in [0.3, 0.4) is 0 Å². The molecule has 0 amide bonds. The highest BCUT2D eigenvalue weighted by Gasteiger charge is 2.70. The molecular weight excluding hydrogens is 450 g/mol. The van der Waals surface area contributed by atoms with Crippen molar-refractivity contribution >= 4 is 17.5 Å². The number of nitrogens with zero attached hydrogens (tertiary/aromatic N) is 1. The van der Waals surface area contributed by atoms with Crippen molar-refractivity contribution in [3.05, 3.63) is 11.6 Å². The predicted octanol–water partition coefficient (Wildman–Crippen LogP) is 7.05. The van der Waals surface area contributed by atoms with E-state index in [2.05, 4.69) is 46.7 Å². The molecule has 0 aromatic carbocycles. The monoisotopic (exact) mass is 497 g/mol. The van der Waals surface area contributed by atoms with Crippen LogP contribution < -0.4 is 0 Å². The van der Waals surface area contributed by atoms with Crippen molar-refractivity contribution in [3.63, 3.8) is 0 Å². The second kappa shape index (κ2) is 7.69. The number of oxime groups is 1. The number of allylic oxidation sites excluding steroid dienone is 2. The van der Waals surface area contributed by atoms with E-state index in [-0.39, 0.29) is 38.9 Å². The lowest BCUT2D eigenvalue weighted by Crippen LogP contribution is -2.66. The van der Waals surface area contributed by atoms with Gasteiger partial charge in [-0.15, -0.1) is 0 Å². The van der Waals surface area contributed by atoms with Gasteiger partial charge in [0.25, 0.3) is 0 Å². The number of fused-ring (bicyclic) bond motifs is 7. The molecule has 0 aliphatic heterocycles. The molecular formula is C31H47NO4. The lowest BCUT2D eigenvalue weighted by molar-refractivity contribution is -0.176. The third-order valence-electron chi connectivity index (χ3n) is 13.1. The first-order valence-electron chi connectivity index (χ1n) is 14.2. The maximum Gasteiger partial charge on any atom is 0.309 e. The topological polar surface area (TPSA) is 76.0 Å². The van der Waals surface area contributed by atoms with E-state index >= 15 is 0 Å². The first kappa shape index (κ1) is 26.0. The highest BCUT2D eigenvalue weighted by molar-refractivity contribution is 5.97. The lowest BCUT2D eigenvalue weighted by Gasteiger charge is -2.70. The molecule has 8 atom stereocenters. The summed E-state index contributed by atoms with van der Waals surface area (Å²) in [4.78, 5) is 31.8. The maximum absolute atomic E-state index is 14.3. The number of carboxylic acids is 1. The summed E-state index contributed by atoms with van der Waals surface area (Å²) in [5.41, 5.74) is 1.40. The molecule has 200 valence electrons. The van der Waals surface area contributed by atoms with E-state index in [0.717, 1.165) is 57.1 Å². The normalized spacial score (nSPS) is 50.8. The molecule has 0 unspecified atom stereocenters. The van der Waals surface area contributed by atoms with Crippen LogP contribution in [0, 0.1) is 50.2 Å². The summed E-state index contributed by atoms with van der Waals surface area (Å²) in [6.07, 6.45) is 10.5. The Balaban J connectivity index is 1.61. The van der Waals surface area contributed by atoms with Crippen molar-refractivity contribution in [2.75, 3.05) is 7.11 Å². The van der Waals surface area contributed by atoms with Gasteiger partial charge in [-0.05, 0) is 104 Å². The molecule has 4 saturated carbocycles. The molecule has 5 aliphatic rings. The summed E-state index contributed by atoms with van der Waals surface area (Å²) in [5.74, 6) is 0.148. The molecule has 5 heteroatoms. The number of hydrogen-bond donors (Lipinski definition) is 1. The second-order valence-corrected chi connectivity index (χ2v) is 15.0. The molecule has 4 fully saturated rings. The third kappa shape index (κ3) is 3.10. The van der Waals surface area contributed by atoms with Crippen LogP contribution >= 0.6 is 0 Å². The van der Waals surface area contributed by atoms with Crippen molar-refractivity contribution in [2.45, 2.75) is 106 Å². The first-order chi connectivity index (χ1) is 16.6. The molecule has 5 rings (SSSR count). The average molecular weight is 498 g/mol. The number of hydrogen-bond acceptors (Lipinski definition) is 4. The zero-order chi connectivity index (χ0) is 26.5. The summed E-state index contributed by atoms with van der Waals surface area (Å²) in [5, 5.41) is 14.5. The van der Waals surface area contributed by atoms with Crippen LogP contribution in [0.5, 0.6) is 0 Å². The summed E-state index contributed by atoms with van der Waals surface area (Å²) in [6, 6.07) is 0. The molecule has 0 spiro atoms. The van der Waals surface area contributed by atoms with Crippen LogP contribution in [0.2, 0.25) is 0 Å². The van der Waals surface area contributed by atoms with E-state index in [0.29, 0.717) is 18.1 Å². The van der Waals surface area contributed by atoms with Crippen molar-refractivity contribution in [2.24, 2.45) is 55.4 Å². The van der Waals surface area contributed by atoms with Gasteiger partial charge >= 0.3 is 5.97 Å². The van der Waals surface area contributed by atoms with Crippen LogP contribution in [0.15, 0.2) is 16.8 Å². The first-order valence-corrected chi connectivity index (χ1v) is 14.2. The fourth-order valence-electron chi connectivity index (χ4n) is 10.5. The number of ketones is 1. The Kier molecular flexibility index (Phi) is 5.55. The van der Waals surface area contributed by atoms with Gasteiger partial charge in [-0.1, -0.05) is 52.3 Å². The fraction of sp³-hybridized carbons (Fsp3) is 0.839. The highest BCUT2D eigenvalue weighted by Crippen LogP contribution is 2.74. The number of carbonyl (C=O) groups is 2. The molecule has 36 heavy (non-hydrogen) atoms. The minimum atomic E-state index is -0.710. The Morgan fingerprint density at radius 2 is 1.67 bits per heavy atom. The smallest absolute Gasteiger partial charge is 0.309 e. The van der Waals surface area contributed by atoms with E-state index in [9.17, 15) is 14.7 Å². The van der Waals surface area contributed by atoms with Gasteiger partial charge in [0.15, 0.2) is 5.78 Å². The van der Waals surface area contributed by atoms with Gasteiger partial charge in [0.05, 0.1) is 11.1 Å². The molecule has 0 bridgehead atoms. The van der Waals surface area contributed by atoms with E-state index in [1.807, 2.05) is 13.0 Å². The SMILES string of the molecule is CO/N=C1\CC[C@]2(C)[C@H]3C(=O)C=C4[C@@H]5C[C@@](C)(C(=O)O)CC[C@]5(C)CC[C@@]4(C)[C@]3(C)CC[C@H]2C1(C)C. The van der Waals surface area contributed by atoms with Crippen LogP contribution in [0.4, 0.5) is 0 Å². The molecule has 5 nitrogen and oxygen atoms in total. The zero-order valence-corrected chi connectivity index (χ0v) is 23.8. The largest absolute Gasteiger partial charge is 0.481 e. The average Bonchev–Trinajstić information content (AvgIpc) is 2.78. The minimum absolute atomic E-state index is 0.0142. The fourth-order valence-corrected chi connectivity index (χ4v) is 10.5. The van der Waals surface area contributed by atoms with Crippen LogP contribution in [-0.4, -0.2) is 29.7 Å². The number of carbonyl (C=O) groups excluding carboxylic acids is 1. The Morgan fingerprint density at radius 3 is 2.31 bits per heavy atom. The standard InChI is InChI=1S/C31H47NO4/c1-26(2)22-9-12-31(7)24(29(22,5)11-10-23(26)32-36-8)21(33)17-19-20-18-28(4,25(34)35)14-13-27(20,3)15-16-30(19,31)6/h17,20,22,24H,9-16,18H2,1-8H3,(H,34,35)/b32-23+/t20-,22-,24+,27+,28-,29-,30+,31+/m0/s1. The predicted molar refractivity (Wildman–Crippen MR) is 142 cm³/mol. The Hall–Kier alpha value is -1.65. The Bertz CT molecular complexity index is 1060. The van der Waals surface area contributed by atoms with Gasteiger partial charge in [0.2, 0.25) is 0 Å². The van der Waals surface area contributed by atoms with Crippen molar-refractivity contribution in [1.29, 1.82) is 0 Å².